The lowest BCUT2D eigenvalue weighted by molar-refractivity contribution is -0.121. The molecular formula is C19H22N2O2S. The molecule has 0 N–H and O–H groups in total. The van der Waals surface area contributed by atoms with E-state index in [4.69, 9.17) is 0 Å². The topological polar surface area (TPSA) is 40.6 Å². The standard InChI is InChI=1S/C19H22N2O2S/c1-6-21-15-8-7-13(9-14(15)12(2)11-19(21,3)4)10-16-17(22)20(5)18(23)24-16/h7-11H,6H2,1-5H3/b16-10+. The highest BCUT2D eigenvalue weighted by molar-refractivity contribution is 8.18. The van der Waals surface area contributed by atoms with Crippen LogP contribution in [0.2, 0.25) is 0 Å². The largest absolute Gasteiger partial charge is 0.363 e. The second kappa shape index (κ2) is 5.81. The van der Waals surface area contributed by atoms with Gasteiger partial charge in [0.1, 0.15) is 0 Å². The summed E-state index contributed by atoms with van der Waals surface area (Å²) in [6.07, 6.45) is 4.08. The highest BCUT2D eigenvalue weighted by Crippen LogP contribution is 2.40. The van der Waals surface area contributed by atoms with Gasteiger partial charge in [0, 0.05) is 24.8 Å². The van der Waals surface area contributed by atoms with Crippen LogP contribution < -0.4 is 4.90 Å². The molecule has 0 radical (unpaired) electrons. The molecule has 0 aliphatic carbocycles. The van der Waals surface area contributed by atoms with Gasteiger partial charge < -0.3 is 4.90 Å². The summed E-state index contributed by atoms with van der Waals surface area (Å²) in [6, 6.07) is 6.22. The van der Waals surface area contributed by atoms with Crippen molar-refractivity contribution in [2.24, 2.45) is 0 Å². The maximum Gasteiger partial charge on any atom is 0.293 e. The average molecular weight is 342 g/mol. The van der Waals surface area contributed by atoms with Crippen LogP contribution in [-0.2, 0) is 4.79 Å². The third-order valence-corrected chi connectivity index (χ3v) is 5.56. The van der Waals surface area contributed by atoms with Crippen molar-refractivity contribution < 1.29 is 9.59 Å². The Labute approximate surface area is 147 Å². The summed E-state index contributed by atoms with van der Waals surface area (Å²) in [4.78, 5) is 27.7. The van der Waals surface area contributed by atoms with Gasteiger partial charge in [-0.2, -0.15) is 0 Å². The van der Waals surface area contributed by atoms with Gasteiger partial charge in [-0.15, -0.1) is 0 Å². The van der Waals surface area contributed by atoms with E-state index in [-0.39, 0.29) is 16.7 Å². The number of hydrogen-bond acceptors (Lipinski definition) is 4. The van der Waals surface area contributed by atoms with Gasteiger partial charge in [-0.1, -0.05) is 12.1 Å². The monoisotopic (exact) mass is 342 g/mol. The Balaban J connectivity index is 2.03. The van der Waals surface area contributed by atoms with E-state index in [0.717, 1.165) is 28.8 Å². The first-order valence-electron chi connectivity index (χ1n) is 8.07. The normalized spacial score (nSPS) is 21.4. The molecule has 0 atom stereocenters. The molecule has 2 aliphatic rings. The number of anilines is 1. The van der Waals surface area contributed by atoms with Crippen LogP contribution in [-0.4, -0.2) is 35.2 Å². The van der Waals surface area contributed by atoms with Crippen LogP contribution in [0.3, 0.4) is 0 Å². The molecule has 3 rings (SSSR count). The highest BCUT2D eigenvalue weighted by atomic mass is 32.2. The maximum absolute atomic E-state index is 12.1. The van der Waals surface area contributed by atoms with Gasteiger partial charge in [0.15, 0.2) is 0 Å². The molecule has 1 aromatic rings. The molecule has 2 aliphatic heterocycles. The van der Waals surface area contributed by atoms with Crippen molar-refractivity contribution in [2.75, 3.05) is 18.5 Å². The summed E-state index contributed by atoms with van der Waals surface area (Å²) in [6.45, 7) is 9.64. The van der Waals surface area contributed by atoms with E-state index in [0.29, 0.717) is 4.91 Å². The number of carbonyl (C=O) groups is 2. The van der Waals surface area contributed by atoms with Gasteiger partial charge in [0.05, 0.1) is 10.4 Å². The van der Waals surface area contributed by atoms with Crippen molar-refractivity contribution in [2.45, 2.75) is 33.2 Å². The number of thioether (sulfide) groups is 1. The van der Waals surface area contributed by atoms with Gasteiger partial charge >= 0.3 is 0 Å². The number of rotatable bonds is 2. The van der Waals surface area contributed by atoms with Crippen molar-refractivity contribution in [1.82, 2.24) is 4.90 Å². The van der Waals surface area contributed by atoms with Gasteiger partial charge in [-0.25, -0.2) is 0 Å². The molecule has 0 saturated carbocycles. The van der Waals surface area contributed by atoms with E-state index in [2.05, 4.69) is 50.8 Å². The van der Waals surface area contributed by atoms with Crippen molar-refractivity contribution in [3.63, 3.8) is 0 Å². The van der Waals surface area contributed by atoms with Gasteiger partial charge in [0.25, 0.3) is 11.1 Å². The lowest BCUT2D eigenvalue weighted by Gasteiger charge is -2.42. The quantitative estimate of drug-likeness (QED) is 0.748. The van der Waals surface area contributed by atoms with Crippen molar-refractivity contribution >= 4 is 40.2 Å². The van der Waals surface area contributed by atoms with E-state index < -0.39 is 0 Å². The molecule has 5 heteroatoms. The lowest BCUT2D eigenvalue weighted by atomic mass is 9.88. The fraction of sp³-hybridized carbons (Fsp3) is 0.368. The molecule has 0 bridgehead atoms. The molecule has 1 aromatic carbocycles. The molecule has 1 fully saturated rings. The number of allylic oxidation sites excluding steroid dienone is 1. The molecule has 24 heavy (non-hydrogen) atoms. The molecular weight excluding hydrogens is 320 g/mol. The van der Waals surface area contributed by atoms with Crippen molar-refractivity contribution in [3.8, 4) is 0 Å². The molecule has 2 amide bonds. The number of fused-ring (bicyclic) bond motifs is 1. The Bertz CT molecular complexity index is 793. The zero-order valence-electron chi connectivity index (χ0n) is 14.7. The SMILES string of the molecule is CCN1c2ccc(/C=C3/SC(=O)N(C)C3=O)cc2C(C)=CC1(C)C. The van der Waals surface area contributed by atoms with Crippen LogP contribution in [0.4, 0.5) is 10.5 Å². The van der Waals surface area contributed by atoms with E-state index >= 15 is 0 Å². The fourth-order valence-electron chi connectivity index (χ4n) is 3.47. The lowest BCUT2D eigenvalue weighted by Crippen LogP contribution is -2.44. The Hall–Kier alpha value is -2.01. The minimum atomic E-state index is -0.230. The van der Waals surface area contributed by atoms with Crippen molar-refractivity contribution in [1.29, 1.82) is 0 Å². The zero-order valence-corrected chi connectivity index (χ0v) is 15.5. The molecule has 0 spiro atoms. The maximum atomic E-state index is 12.1. The number of likely N-dealkylation sites (N-methyl/N-ethyl adjacent to an activating group) is 2. The first-order chi connectivity index (χ1) is 11.2. The van der Waals surface area contributed by atoms with Crippen LogP contribution in [0.5, 0.6) is 0 Å². The summed E-state index contributed by atoms with van der Waals surface area (Å²) in [5.41, 5.74) is 4.55. The third-order valence-electron chi connectivity index (χ3n) is 4.60. The molecule has 1 saturated heterocycles. The van der Waals surface area contributed by atoms with Gasteiger partial charge in [-0.05, 0) is 68.8 Å². The molecule has 0 aromatic heterocycles. The molecule has 4 nitrogen and oxygen atoms in total. The minimum Gasteiger partial charge on any atom is -0.363 e. The first kappa shape index (κ1) is 16.8. The molecule has 0 unspecified atom stereocenters. The van der Waals surface area contributed by atoms with E-state index in [1.807, 2.05) is 6.07 Å². The second-order valence-electron chi connectivity index (χ2n) is 6.74. The molecule has 126 valence electrons. The number of amides is 2. The third kappa shape index (κ3) is 2.67. The summed E-state index contributed by atoms with van der Waals surface area (Å²) in [7, 11) is 1.51. The summed E-state index contributed by atoms with van der Waals surface area (Å²) in [5, 5.41) is -0.223. The Morgan fingerprint density at radius 1 is 1.25 bits per heavy atom. The fourth-order valence-corrected chi connectivity index (χ4v) is 4.29. The van der Waals surface area contributed by atoms with Crippen LogP contribution in [0.25, 0.3) is 11.6 Å². The van der Waals surface area contributed by atoms with Crippen molar-refractivity contribution in [3.05, 3.63) is 40.3 Å². The summed E-state index contributed by atoms with van der Waals surface area (Å²) in [5.74, 6) is -0.230. The van der Waals surface area contributed by atoms with E-state index in [1.165, 1.54) is 23.9 Å². The number of hydrogen-bond donors (Lipinski definition) is 0. The number of nitrogens with zero attached hydrogens (tertiary/aromatic N) is 2. The smallest absolute Gasteiger partial charge is 0.293 e. The van der Waals surface area contributed by atoms with Gasteiger partial charge in [0.2, 0.25) is 0 Å². The van der Waals surface area contributed by atoms with E-state index in [1.54, 1.807) is 6.08 Å². The molecule has 2 heterocycles. The number of carbonyl (C=O) groups excluding carboxylic acids is 2. The van der Waals surface area contributed by atoms with E-state index in [9.17, 15) is 9.59 Å². The average Bonchev–Trinajstić information content (AvgIpc) is 2.75. The number of benzene rings is 1. The number of imide groups is 1. The minimum absolute atomic E-state index is 0.0157. The highest BCUT2D eigenvalue weighted by Gasteiger charge is 2.32. The predicted octanol–water partition coefficient (Wildman–Crippen LogP) is 4.37. The Kier molecular flexibility index (Phi) is 4.08. The first-order valence-corrected chi connectivity index (χ1v) is 8.89. The Morgan fingerprint density at radius 2 is 1.96 bits per heavy atom. The summed E-state index contributed by atoms with van der Waals surface area (Å²) < 4.78 is 0. The summed E-state index contributed by atoms with van der Waals surface area (Å²) >= 11 is 0.993. The van der Waals surface area contributed by atoms with Crippen LogP contribution in [0.1, 0.15) is 38.8 Å². The predicted molar refractivity (Wildman–Crippen MR) is 101 cm³/mol. The van der Waals surface area contributed by atoms with Crippen LogP contribution >= 0.6 is 11.8 Å². The second-order valence-corrected chi connectivity index (χ2v) is 7.74. The van der Waals surface area contributed by atoms with Crippen LogP contribution in [0, 0.1) is 0 Å². The zero-order chi connectivity index (χ0) is 17.6. The Morgan fingerprint density at radius 3 is 2.54 bits per heavy atom. The van der Waals surface area contributed by atoms with Crippen LogP contribution in [0.15, 0.2) is 29.2 Å². The van der Waals surface area contributed by atoms with Gasteiger partial charge in [-0.3, -0.25) is 14.5 Å².